The van der Waals surface area contributed by atoms with Crippen LogP contribution in [0.2, 0.25) is 5.02 Å². The fraction of sp³-hybridized carbons (Fsp3) is 0.385. The molecule has 0 saturated carbocycles. The highest BCUT2D eigenvalue weighted by Gasteiger charge is 2.11. The van der Waals surface area contributed by atoms with E-state index in [1.807, 2.05) is 0 Å². The van der Waals surface area contributed by atoms with Crippen molar-refractivity contribution in [3.8, 4) is 0 Å². The molecule has 0 unspecified atom stereocenters. The fourth-order valence-electron chi connectivity index (χ4n) is 1.52. The van der Waals surface area contributed by atoms with Crippen molar-refractivity contribution in [2.45, 2.75) is 32.6 Å². The summed E-state index contributed by atoms with van der Waals surface area (Å²) < 4.78 is 0. The molecule has 0 atom stereocenters. The summed E-state index contributed by atoms with van der Waals surface area (Å²) in [5.74, 6) is -0.168. The minimum Gasteiger partial charge on any atom is -0.273 e. The Labute approximate surface area is 122 Å². The molecule has 108 valence electrons. The highest BCUT2D eigenvalue weighted by atomic mass is 35.5. The average Bonchev–Trinajstić information content (AvgIpc) is 2.40. The van der Waals surface area contributed by atoms with E-state index in [9.17, 15) is 14.9 Å². The van der Waals surface area contributed by atoms with E-state index in [2.05, 4.69) is 17.5 Å². The van der Waals surface area contributed by atoms with Gasteiger partial charge in [0.2, 0.25) is 5.91 Å². The minimum absolute atomic E-state index is 0.0655. The number of amides is 1. The quantitative estimate of drug-likeness (QED) is 0.363. The smallest absolute Gasteiger partial charge is 0.273 e. The van der Waals surface area contributed by atoms with E-state index in [-0.39, 0.29) is 16.6 Å². The van der Waals surface area contributed by atoms with Crippen molar-refractivity contribution in [3.05, 3.63) is 38.9 Å². The number of nitro benzene ring substituents is 1. The zero-order valence-electron chi connectivity index (χ0n) is 11.1. The van der Waals surface area contributed by atoms with Crippen molar-refractivity contribution in [1.82, 2.24) is 5.43 Å². The van der Waals surface area contributed by atoms with Crippen LogP contribution < -0.4 is 5.43 Å². The van der Waals surface area contributed by atoms with E-state index in [1.165, 1.54) is 18.3 Å². The van der Waals surface area contributed by atoms with Gasteiger partial charge >= 0.3 is 0 Å². The number of nitrogens with zero attached hydrogens (tertiary/aromatic N) is 2. The third-order valence-corrected chi connectivity index (χ3v) is 2.90. The van der Waals surface area contributed by atoms with Crippen molar-refractivity contribution in [2.75, 3.05) is 0 Å². The Morgan fingerprint density at radius 1 is 1.50 bits per heavy atom. The molecule has 0 bridgehead atoms. The largest absolute Gasteiger partial charge is 0.288 e. The number of hydrogen-bond acceptors (Lipinski definition) is 4. The first-order valence-corrected chi connectivity index (χ1v) is 6.68. The highest BCUT2D eigenvalue weighted by Crippen LogP contribution is 2.24. The number of carbonyl (C=O) groups excluding carboxylic acids is 1. The summed E-state index contributed by atoms with van der Waals surface area (Å²) in [7, 11) is 0. The maximum Gasteiger partial charge on any atom is 0.288 e. The Morgan fingerprint density at radius 2 is 2.25 bits per heavy atom. The van der Waals surface area contributed by atoms with Gasteiger partial charge in [-0.15, -0.1) is 0 Å². The topological polar surface area (TPSA) is 84.6 Å². The van der Waals surface area contributed by atoms with Crippen molar-refractivity contribution in [1.29, 1.82) is 0 Å². The second kappa shape index (κ2) is 8.27. The Bertz CT molecular complexity index is 518. The third-order valence-electron chi connectivity index (χ3n) is 2.58. The first kappa shape index (κ1) is 16.1. The molecule has 0 spiro atoms. The van der Waals surface area contributed by atoms with Gasteiger partial charge in [-0.05, 0) is 12.5 Å². The molecule has 0 aliphatic carbocycles. The number of hydrazone groups is 1. The van der Waals surface area contributed by atoms with Gasteiger partial charge in [-0.3, -0.25) is 14.9 Å². The van der Waals surface area contributed by atoms with Crippen LogP contribution in [0.1, 0.15) is 38.2 Å². The van der Waals surface area contributed by atoms with Gasteiger partial charge in [0, 0.05) is 18.1 Å². The minimum atomic E-state index is -0.566. The number of nitrogens with one attached hydrogen (secondary N) is 1. The van der Waals surface area contributed by atoms with Crippen LogP contribution in [0.15, 0.2) is 23.3 Å². The zero-order chi connectivity index (χ0) is 15.0. The number of hydrogen-bond donors (Lipinski definition) is 1. The lowest BCUT2D eigenvalue weighted by Crippen LogP contribution is -2.16. The summed E-state index contributed by atoms with van der Waals surface area (Å²) in [6.45, 7) is 2.06. The number of unbranched alkanes of at least 4 members (excludes halogenated alkanes) is 2. The molecule has 0 aliphatic rings. The Kier molecular flexibility index (Phi) is 6.66. The predicted molar refractivity (Wildman–Crippen MR) is 78.0 cm³/mol. The summed E-state index contributed by atoms with van der Waals surface area (Å²) >= 11 is 5.69. The Balaban J connectivity index is 2.56. The van der Waals surface area contributed by atoms with Crippen molar-refractivity contribution in [2.24, 2.45) is 5.10 Å². The highest BCUT2D eigenvalue weighted by molar-refractivity contribution is 6.32. The van der Waals surface area contributed by atoms with E-state index >= 15 is 0 Å². The number of nitro groups is 1. The maximum absolute atomic E-state index is 11.4. The molecule has 0 radical (unpaired) electrons. The van der Waals surface area contributed by atoms with Crippen molar-refractivity contribution in [3.63, 3.8) is 0 Å². The molecular weight excluding hydrogens is 282 g/mol. The van der Waals surface area contributed by atoms with Crippen LogP contribution in [-0.2, 0) is 4.79 Å². The summed E-state index contributed by atoms with van der Waals surface area (Å²) in [4.78, 5) is 21.5. The van der Waals surface area contributed by atoms with Gasteiger partial charge in [0.25, 0.3) is 5.69 Å². The second-order valence-electron chi connectivity index (χ2n) is 4.22. The van der Waals surface area contributed by atoms with E-state index < -0.39 is 4.92 Å². The number of rotatable bonds is 7. The van der Waals surface area contributed by atoms with Crippen molar-refractivity contribution < 1.29 is 9.72 Å². The standard InChI is InChI=1S/C13H16ClN3O3/c1-2-3-4-5-13(18)16-15-9-10-6-7-11(14)12(8-10)17(19)20/h6-9H,2-5H2,1H3,(H,16,18)/b15-9+. The van der Waals surface area contributed by atoms with Crippen LogP contribution in [0.25, 0.3) is 0 Å². The fourth-order valence-corrected chi connectivity index (χ4v) is 1.71. The summed E-state index contributed by atoms with van der Waals surface area (Å²) in [6.07, 6.45) is 4.64. The lowest BCUT2D eigenvalue weighted by Gasteiger charge is -1.99. The summed E-state index contributed by atoms with van der Waals surface area (Å²) in [5.41, 5.74) is 2.69. The molecule has 7 heteroatoms. The van der Waals surface area contributed by atoms with E-state index in [0.29, 0.717) is 12.0 Å². The van der Waals surface area contributed by atoms with E-state index in [4.69, 9.17) is 11.6 Å². The summed E-state index contributed by atoms with van der Waals surface area (Å²) in [6, 6.07) is 4.31. The second-order valence-corrected chi connectivity index (χ2v) is 4.63. The van der Waals surface area contributed by atoms with Crippen LogP contribution in [-0.4, -0.2) is 17.0 Å². The maximum atomic E-state index is 11.4. The normalized spacial score (nSPS) is 10.7. The predicted octanol–water partition coefficient (Wildman–Crippen LogP) is 3.28. The van der Waals surface area contributed by atoms with Crippen molar-refractivity contribution >= 4 is 29.4 Å². The van der Waals surface area contributed by atoms with Gasteiger partial charge in [-0.25, -0.2) is 5.43 Å². The molecule has 0 aliphatic heterocycles. The van der Waals surface area contributed by atoms with Gasteiger partial charge in [0.15, 0.2) is 0 Å². The van der Waals surface area contributed by atoms with Gasteiger partial charge < -0.3 is 0 Å². The first-order valence-electron chi connectivity index (χ1n) is 6.30. The van der Waals surface area contributed by atoms with Gasteiger partial charge in [-0.1, -0.05) is 37.4 Å². The van der Waals surface area contributed by atoms with E-state index in [0.717, 1.165) is 19.3 Å². The molecule has 20 heavy (non-hydrogen) atoms. The SMILES string of the molecule is CCCCCC(=O)N/N=C/c1ccc(Cl)c([N+](=O)[O-])c1. The monoisotopic (exact) mass is 297 g/mol. The molecule has 0 aromatic heterocycles. The molecule has 1 aromatic carbocycles. The van der Waals surface area contributed by atoms with Crippen LogP contribution in [0, 0.1) is 10.1 Å². The molecule has 1 aromatic rings. The molecule has 1 rings (SSSR count). The van der Waals surface area contributed by atoms with E-state index in [1.54, 1.807) is 6.07 Å². The average molecular weight is 298 g/mol. The molecule has 6 nitrogen and oxygen atoms in total. The van der Waals surface area contributed by atoms with Crippen LogP contribution in [0.4, 0.5) is 5.69 Å². The molecule has 0 saturated heterocycles. The third kappa shape index (κ3) is 5.36. The lowest BCUT2D eigenvalue weighted by atomic mass is 10.2. The Morgan fingerprint density at radius 3 is 2.90 bits per heavy atom. The van der Waals surface area contributed by atoms with Gasteiger partial charge in [0.05, 0.1) is 11.1 Å². The number of halogens is 1. The molecular formula is C13H16ClN3O3. The summed E-state index contributed by atoms with van der Waals surface area (Å²) in [5, 5.41) is 14.5. The Hall–Kier alpha value is -1.95. The van der Waals surface area contributed by atoms with Crippen LogP contribution in [0.3, 0.4) is 0 Å². The number of carbonyl (C=O) groups is 1. The van der Waals surface area contributed by atoms with Crippen LogP contribution >= 0.6 is 11.6 Å². The van der Waals surface area contributed by atoms with Crippen LogP contribution in [0.5, 0.6) is 0 Å². The molecule has 1 amide bonds. The first-order chi connectivity index (χ1) is 9.54. The van der Waals surface area contributed by atoms with Gasteiger partial charge in [0.1, 0.15) is 5.02 Å². The van der Waals surface area contributed by atoms with Gasteiger partial charge in [-0.2, -0.15) is 5.10 Å². The zero-order valence-corrected chi connectivity index (χ0v) is 11.9. The molecule has 0 fully saturated rings. The number of benzene rings is 1. The molecule has 0 heterocycles. The molecule has 1 N–H and O–H groups in total. The lowest BCUT2D eigenvalue weighted by molar-refractivity contribution is -0.384.